The topological polar surface area (TPSA) is 130 Å². The molecule has 148 valence electrons. The summed E-state index contributed by atoms with van der Waals surface area (Å²) in [6, 6.07) is 11.2. The number of para-hydroxylation sites is 1. The van der Waals surface area contributed by atoms with Crippen molar-refractivity contribution >= 4 is 29.0 Å². The number of benzene rings is 2. The van der Waals surface area contributed by atoms with Crippen molar-refractivity contribution in [3.8, 4) is 23.0 Å². The summed E-state index contributed by atoms with van der Waals surface area (Å²) >= 11 is 1.03. The van der Waals surface area contributed by atoms with E-state index in [1.54, 1.807) is 30.3 Å². The number of hydrogen-bond acceptors (Lipinski definition) is 9. The Hall–Kier alpha value is -3.60. The maximum absolute atomic E-state index is 12.2. The van der Waals surface area contributed by atoms with E-state index >= 15 is 0 Å². The van der Waals surface area contributed by atoms with Crippen LogP contribution in [0.5, 0.6) is 11.5 Å². The SMILES string of the molecule is O=C(CSc1nnc(-c2ccccc2[N+](=O)[O-])o1)Nc1ccc2c(c1)OCCO2. The van der Waals surface area contributed by atoms with Crippen LogP contribution in [0.25, 0.3) is 11.5 Å². The van der Waals surface area contributed by atoms with Crippen molar-refractivity contribution in [1.29, 1.82) is 0 Å². The first-order valence-electron chi connectivity index (χ1n) is 8.50. The molecule has 1 aromatic heterocycles. The van der Waals surface area contributed by atoms with Gasteiger partial charge in [-0.05, 0) is 18.2 Å². The highest BCUT2D eigenvalue weighted by atomic mass is 32.2. The van der Waals surface area contributed by atoms with E-state index in [1.165, 1.54) is 12.1 Å². The van der Waals surface area contributed by atoms with Gasteiger partial charge in [-0.2, -0.15) is 0 Å². The van der Waals surface area contributed by atoms with E-state index in [0.717, 1.165) is 11.8 Å². The number of nitro benzene ring substituents is 1. The minimum Gasteiger partial charge on any atom is -0.486 e. The van der Waals surface area contributed by atoms with Crippen molar-refractivity contribution in [2.75, 3.05) is 24.3 Å². The lowest BCUT2D eigenvalue weighted by Gasteiger charge is -2.18. The second-order valence-corrected chi connectivity index (χ2v) is 6.77. The van der Waals surface area contributed by atoms with E-state index in [9.17, 15) is 14.9 Å². The summed E-state index contributed by atoms with van der Waals surface area (Å²) in [5, 5.41) is 21.7. The van der Waals surface area contributed by atoms with Crippen LogP contribution in [0.4, 0.5) is 11.4 Å². The number of rotatable bonds is 6. The Morgan fingerprint density at radius 3 is 2.76 bits per heavy atom. The number of carbonyl (C=O) groups is 1. The first kappa shape index (κ1) is 18.7. The molecule has 1 aliphatic heterocycles. The number of fused-ring (bicyclic) bond motifs is 1. The van der Waals surface area contributed by atoms with Crippen molar-refractivity contribution in [3.63, 3.8) is 0 Å². The van der Waals surface area contributed by atoms with Crippen LogP contribution < -0.4 is 14.8 Å². The molecule has 3 aromatic rings. The molecule has 0 unspecified atom stereocenters. The molecule has 0 saturated heterocycles. The zero-order valence-corrected chi connectivity index (χ0v) is 15.7. The molecule has 0 aliphatic carbocycles. The first-order valence-corrected chi connectivity index (χ1v) is 9.48. The van der Waals surface area contributed by atoms with Gasteiger partial charge in [-0.25, -0.2) is 0 Å². The molecule has 0 spiro atoms. The van der Waals surface area contributed by atoms with Gasteiger partial charge in [0, 0.05) is 17.8 Å². The van der Waals surface area contributed by atoms with Crippen LogP contribution in [0, 0.1) is 10.1 Å². The fourth-order valence-corrected chi connectivity index (χ4v) is 3.20. The molecule has 2 heterocycles. The summed E-state index contributed by atoms with van der Waals surface area (Å²) in [7, 11) is 0. The summed E-state index contributed by atoms with van der Waals surface area (Å²) in [6.45, 7) is 0.951. The molecule has 11 heteroatoms. The van der Waals surface area contributed by atoms with Crippen molar-refractivity contribution in [3.05, 3.63) is 52.6 Å². The maximum Gasteiger partial charge on any atom is 0.282 e. The molecule has 29 heavy (non-hydrogen) atoms. The molecule has 10 nitrogen and oxygen atoms in total. The van der Waals surface area contributed by atoms with Gasteiger partial charge < -0.3 is 19.2 Å². The smallest absolute Gasteiger partial charge is 0.282 e. The van der Waals surface area contributed by atoms with Crippen LogP contribution in [-0.2, 0) is 4.79 Å². The van der Waals surface area contributed by atoms with Crippen LogP contribution in [0.2, 0.25) is 0 Å². The summed E-state index contributed by atoms with van der Waals surface area (Å²) in [5.74, 6) is 0.973. The van der Waals surface area contributed by atoms with E-state index in [4.69, 9.17) is 13.9 Å². The number of amides is 1. The largest absolute Gasteiger partial charge is 0.486 e. The molecule has 4 rings (SSSR count). The van der Waals surface area contributed by atoms with Crippen molar-refractivity contribution < 1.29 is 23.6 Å². The predicted molar refractivity (Wildman–Crippen MR) is 103 cm³/mol. The number of anilines is 1. The lowest BCUT2D eigenvalue weighted by Crippen LogP contribution is -2.17. The lowest BCUT2D eigenvalue weighted by molar-refractivity contribution is -0.384. The van der Waals surface area contributed by atoms with Gasteiger partial charge in [0.15, 0.2) is 11.5 Å². The molecular formula is C18H14N4O6S. The fourth-order valence-electron chi connectivity index (χ4n) is 2.64. The summed E-state index contributed by atoms with van der Waals surface area (Å²) in [6.07, 6.45) is 0. The standard InChI is InChI=1S/C18H14N4O6S/c23-16(19-11-5-6-14-15(9-11)27-8-7-26-14)10-29-18-21-20-17(28-18)12-3-1-2-4-13(12)22(24)25/h1-6,9H,7-8,10H2,(H,19,23). The number of aromatic nitrogens is 2. The number of carbonyl (C=O) groups excluding carboxylic acids is 1. The maximum atomic E-state index is 12.2. The number of nitrogens with zero attached hydrogens (tertiary/aromatic N) is 3. The third-order valence-corrected chi connectivity index (χ3v) is 4.71. The zero-order valence-electron chi connectivity index (χ0n) is 14.9. The van der Waals surface area contributed by atoms with Gasteiger partial charge >= 0.3 is 0 Å². The fraction of sp³-hybridized carbons (Fsp3) is 0.167. The van der Waals surface area contributed by atoms with Crippen LogP contribution in [0.3, 0.4) is 0 Å². The minimum absolute atomic E-state index is 0.0204. The number of nitrogens with one attached hydrogen (secondary N) is 1. The average molecular weight is 414 g/mol. The molecule has 0 saturated carbocycles. The highest BCUT2D eigenvalue weighted by Gasteiger charge is 2.20. The quantitative estimate of drug-likeness (QED) is 0.367. The Morgan fingerprint density at radius 2 is 1.93 bits per heavy atom. The number of nitro groups is 1. The number of ether oxygens (including phenoxy) is 2. The summed E-state index contributed by atoms with van der Waals surface area (Å²) in [5.41, 5.74) is 0.660. The van der Waals surface area contributed by atoms with Gasteiger partial charge in [-0.15, -0.1) is 10.2 Å². The van der Waals surface area contributed by atoms with E-state index < -0.39 is 4.92 Å². The second kappa shape index (κ2) is 8.19. The number of thioether (sulfide) groups is 1. The molecule has 1 aliphatic rings. The third-order valence-electron chi connectivity index (χ3n) is 3.89. The Balaban J connectivity index is 1.38. The van der Waals surface area contributed by atoms with Crippen LogP contribution >= 0.6 is 11.8 Å². The molecular weight excluding hydrogens is 400 g/mol. The number of hydrogen-bond donors (Lipinski definition) is 1. The monoisotopic (exact) mass is 414 g/mol. The van der Waals surface area contributed by atoms with Crippen LogP contribution in [0.15, 0.2) is 52.1 Å². The van der Waals surface area contributed by atoms with Gasteiger partial charge in [-0.3, -0.25) is 14.9 Å². The van der Waals surface area contributed by atoms with Gasteiger partial charge in [0.2, 0.25) is 5.91 Å². The summed E-state index contributed by atoms with van der Waals surface area (Å²) < 4.78 is 16.4. The molecule has 0 fully saturated rings. The van der Waals surface area contributed by atoms with Crippen molar-refractivity contribution in [2.24, 2.45) is 0 Å². The second-order valence-electron chi connectivity index (χ2n) is 5.84. The molecule has 2 aromatic carbocycles. The molecule has 0 radical (unpaired) electrons. The third kappa shape index (κ3) is 4.29. The van der Waals surface area contributed by atoms with E-state index in [1.807, 2.05) is 0 Å². The van der Waals surface area contributed by atoms with Crippen LogP contribution in [-0.4, -0.2) is 40.0 Å². The van der Waals surface area contributed by atoms with Crippen LogP contribution in [0.1, 0.15) is 0 Å². The molecule has 0 atom stereocenters. The van der Waals surface area contributed by atoms with Crippen molar-refractivity contribution in [1.82, 2.24) is 10.2 Å². The zero-order chi connectivity index (χ0) is 20.2. The Labute approximate surface area is 168 Å². The Bertz CT molecular complexity index is 1070. The highest BCUT2D eigenvalue weighted by Crippen LogP contribution is 2.33. The highest BCUT2D eigenvalue weighted by molar-refractivity contribution is 7.99. The van der Waals surface area contributed by atoms with E-state index in [0.29, 0.717) is 30.4 Å². The van der Waals surface area contributed by atoms with E-state index in [2.05, 4.69) is 15.5 Å². The van der Waals surface area contributed by atoms with Crippen molar-refractivity contribution in [2.45, 2.75) is 5.22 Å². The summed E-state index contributed by atoms with van der Waals surface area (Å²) in [4.78, 5) is 22.8. The predicted octanol–water partition coefficient (Wildman–Crippen LogP) is 3.15. The van der Waals surface area contributed by atoms with Gasteiger partial charge in [0.05, 0.1) is 10.7 Å². The Kier molecular flexibility index (Phi) is 5.29. The van der Waals surface area contributed by atoms with Gasteiger partial charge in [0.1, 0.15) is 18.8 Å². The molecule has 0 bridgehead atoms. The van der Waals surface area contributed by atoms with Gasteiger partial charge in [0.25, 0.3) is 16.8 Å². The van der Waals surface area contributed by atoms with Gasteiger partial charge in [-0.1, -0.05) is 23.9 Å². The van der Waals surface area contributed by atoms with E-state index in [-0.39, 0.29) is 34.0 Å². The Morgan fingerprint density at radius 1 is 1.14 bits per heavy atom. The first-order chi connectivity index (χ1) is 14.1. The lowest BCUT2D eigenvalue weighted by atomic mass is 10.2. The minimum atomic E-state index is -0.521. The molecule has 1 N–H and O–H groups in total. The normalized spacial score (nSPS) is 12.4. The average Bonchev–Trinajstić information content (AvgIpc) is 3.21. The molecule has 1 amide bonds.